The Balaban J connectivity index is -0.0000000450. The van der Waals surface area contributed by atoms with Gasteiger partial charge in [0, 0.05) is 0 Å². The van der Waals surface area contributed by atoms with E-state index in [0.29, 0.717) is 0 Å². The molecule has 0 aliphatic heterocycles. The zero-order valence-electron chi connectivity index (χ0n) is 2.79. The van der Waals surface area contributed by atoms with E-state index < -0.39 is 7.32 Å². The summed E-state index contributed by atoms with van der Waals surface area (Å²) >= 11 is 0. The van der Waals surface area contributed by atoms with E-state index in [2.05, 4.69) is 0 Å². The minimum absolute atomic E-state index is 0. The maximum absolute atomic E-state index is 8.42. The molecule has 0 aliphatic rings. The Labute approximate surface area is 95.1 Å². The van der Waals surface area contributed by atoms with Gasteiger partial charge in [0.05, 0.1) is 0 Å². The van der Waals surface area contributed by atoms with Crippen molar-refractivity contribution < 1.29 is 51.9 Å². The summed E-state index contributed by atoms with van der Waals surface area (Å²) in [6.45, 7) is 0. The van der Waals surface area contributed by atoms with E-state index in [1.807, 2.05) is 0 Å². The number of hydrogen-bond acceptors (Lipinski definition) is 3. The van der Waals surface area contributed by atoms with Crippen molar-refractivity contribution in [3.8, 4) is 0 Å². The molecule has 3 nitrogen and oxygen atoms in total. The third-order valence-electron chi connectivity index (χ3n) is 0. The Morgan fingerprint density at radius 3 is 1.00 bits per heavy atom. The van der Waals surface area contributed by atoms with E-state index in [1.54, 1.807) is 0 Å². The molecule has 0 saturated heterocycles. The molecule has 0 spiro atoms. The van der Waals surface area contributed by atoms with Crippen LogP contribution in [0.5, 0.6) is 0 Å². The first-order valence-corrected chi connectivity index (χ1v) is 0.707. The summed E-state index contributed by atoms with van der Waals surface area (Å²) in [6, 6.07) is 0. The zero-order valence-corrected chi connectivity index (χ0v) is 6.77. The van der Waals surface area contributed by atoms with Gasteiger partial charge in [0.2, 0.25) is 0 Å². The zero-order chi connectivity index (χ0) is 3.58. The maximum atomic E-state index is 8.42. The molecular formula is BCaO3Tm+2. The predicted molar refractivity (Wildman–Crippen MR) is 11.5 cm³/mol. The monoisotopic (exact) mass is 268 g/mol. The van der Waals surface area contributed by atoms with Crippen LogP contribution in [0.3, 0.4) is 0 Å². The molecule has 0 fully saturated rings. The van der Waals surface area contributed by atoms with Crippen molar-refractivity contribution in [1.82, 2.24) is 0 Å². The van der Waals surface area contributed by atoms with E-state index in [9.17, 15) is 0 Å². The fourth-order valence-electron chi connectivity index (χ4n) is 0. The van der Waals surface area contributed by atoms with Gasteiger partial charge < -0.3 is 15.1 Å². The van der Waals surface area contributed by atoms with Gasteiger partial charge >= 0.3 is 74.6 Å². The maximum Gasteiger partial charge on any atom is 3.00 e. The SMILES string of the molecule is [Ca+2].[O-]B([O-])[O-].[Tm+3]. The molecule has 0 unspecified atom stereocenters. The minimum atomic E-state index is -2.92. The molecule has 0 aliphatic carbocycles. The fourth-order valence-corrected chi connectivity index (χ4v) is 0. The average molecular weight is 268 g/mol. The third-order valence-corrected chi connectivity index (χ3v) is 0. The number of hydrogen-bond donors (Lipinski definition) is 0. The van der Waals surface area contributed by atoms with Gasteiger partial charge in [0.1, 0.15) is 0 Å². The average Bonchev–Trinajstić information content (AvgIpc) is 0.811. The standard InChI is InChI=1S/BO3.Ca.Tm/c2-1(3)4;;/q-3;+2;+3. The second kappa shape index (κ2) is 10.4. The Kier molecular flexibility index (Phi) is 27.4. The second-order valence-corrected chi connectivity index (χ2v) is 0.289. The fraction of sp³-hybridized carbons (Fsp3) is 0. The van der Waals surface area contributed by atoms with Gasteiger partial charge in [0.25, 0.3) is 0 Å². The first kappa shape index (κ1) is 15.8. The molecule has 0 heterocycles. The van der Waals surface area contributed by atoms with E-state index in [0.717, 1.165) is 0 Å². The van der Waals surface area contributed by atoms with Crippen molar-refractivity contribution in [2.24, 2.45) is 0 Å². The van der Waals surface area contributed by atoms with Crippen molar-refractivity contribution >= 4 is 45.1 Å². The van der Waals surface area contributed by atoms with E-state index >= 15 is 0 Å². The van der Waals surface area contributed by atoms with Crippen LogP contribution >= 0.6 is 0 Å². The molecule has 0 bridgehead atoms. The largest absolute Gasteiger partial charge is 3.00 e. The summed E-state index contributed by atoms with van der Waals surface area (Å²) in [7, 11) is -2.92. The van der Waals surface area contributed by atoms with Crippen molar-refractivity contribution in [2.45, 2.75) is 0 Å². The normalized spacial score (nSPS) is 4.50. The van der Waals surface area contributed by atoms with Crippen molar-refractivity contribution in [3.63, 3.8) is 0 Å². The first-order chi connectivity index (χ1) is 1.73. The summed E-state index contributed by atoms with van der Waals surface area (Å²) in [5.74, 6) is 0. The van der Waals surface area contributed by atoms with Crippen molar-refractivity contribution in [3.05, 3.63) is 0 Å². The number of rotatable bonds is 0. The predicted octanol–water partition coefficient (Wildman–Crippen LogP) is -4.33. The van der Waals surface area contributed by atoms with Crippen LogP contribution in [-0.4, -0.2) is 45.1 Å². The van der Waals surface area contributed by atoms with Crippen molar-refractivity contribution in [2.75, 3.05) is 0 Å². The van der Waals surface area contributed by atoms with E-state index in [4.69, 9.17) is 15.1 Å². The van der Waals surface area contributed by atoms with Crippen LogP contribution in [0.15, 0.2) is 0 Å². The minimum Gasteiger partial charge on any atom is -0.907 e. The smallest absolute Gasteiger partial charge is 0.907 e. The van der Waals surface area contributed by atoms with Crippen LogP contribution in [0.4, 0.5) is 0 Å². The van der Waals surface area contributed by atoms with Gasteiger partial charge in [-0.15, -0.1) is 0 Å². The summed E-state index contributed by atoms with van der Waals surface area (Å²) in [5, 5.41) is 25.2. The molecule has 0 saturated carbocycles. The van der Waals surface area contributed by atoms with Crippen LogP contribution in [-0.2, 0) is 0 Å². The van der Waals surface area contributed by atoms with Crippen molar-refractivity contribution in [1.29, 1.82) is 0 Å². The van der Waals surface area contributed by atoms with Crippen LogP contribution < -0.4 is 15.1 Å². The summed E-state index contributed by atoms with van der Waals surface area (Å²) in [5.41, 5.74) is 0. The Bertz CT molecular complexity index is 15.5. The van der Waals surface area contributed by atoms with Gasteiger partial charge in [-0.2, -0.15) is 0 Å². The van der Waals surface area contributed by atoms with Gasteiger partial charge in [-0.25, -0.2) is 0 Å². The molecule has 0 aromatic rings. The van der Waals surface area contributed by atoms with Crippen LogP contribution in [0.2, 0.25) is 0 Å². The Hall–Kier alpha value is 2.44. The summed E-state index contributed by atoms with van der Waals surface area (Å²) in [6.07, 6.45) is 0. The molecule has 34 valence electrons. The van der Waals surface area contributed by atoms with Crippen LogP contribution in [0, 0.1) is 36.9 Å². The Morgan fingerprint density at radius 2 is 1.00 bits per heavy atom. The molecule has 0 N–H and O–H groups in total. The van der Waals surface area contributed by atoms with Crippen LogP contribution in [0.25, 0.3) is 0 Å². The molecular weight excluding hydrogens is 268 g/mol. The Morgan fingerprint density at radius 1 is 1.00 bits per heavy atom. The van der Waals surface area contributed by atoms with Gasteiger partial charge in [-0.3, -0.25) is 7.32 Å². The topological polar surface area (TPSA) is 69.2 Å². The molecule has 0 aromatic heterocycles. The van der Waals surface area contributed by atoms with Gasteiger partial charge in [-0.1, -0.05) is 0 Å². The molecule has 6 heteroatoms. The second-order valence-electron chi connectivity index (χ2n) is 0.289. The summed E-state index contributed by atoms with van der Waals surface area (Å²) in [4.78, 5) is 0. The first-order valence-electron chi connectivity index (χ1n) is 0.707. The molecule has 0 radical (unpaired) electrons. The molecule has 0 aromatic carbocycles. The van der Waals surface area contributed by atoms with E-state index in [1.165, 1.54) is 0 Å². The third kappa shape index (κ3) is 32.0. The van der Waals surface area contributed by atoms with Gasteiger partial charge in [0.15, 0.2) is 0 Å². The quantitative estimate of drug-likeness (QED) is 0.417. The molecule has 0 atom stereocenters. The van der Waals surface area contributed by atoms with Crippen LogP contribution in [0.1, 0.15) is 0 Å². The van der Waals surface area contributed by atoms with E-state index in [-0.39, 0.29) is 74.6 Å². The molecule has 6 heavy (non-hydrogen) atoms. The molecule has 0 rings (SSSR count). The molecule has 0 amide bonds. The van der Waals surface area contributed by atoms with Gasteiger partial charge in [-0.05, 0) is 0 Å². The summed E-state index contributed by atoms with van der Waals surface area (Å²) < 4.78 is 0.